The Kier molecular flexibility index (Phi) is 3.78. The number of carbonyl (C=O) groups excluding carboxylic acids is 2. The van der Waals surface area contributed by atoms with Crippen molar-refractivity contribution in [2.45, 2.75) is 78.2 Å². The lowest BCUT2D eigenvalue weighted by Crippen LogP contribution is -2.67. The van der Waals surface area contributed by atoms with Gasteiger partial charge in [0, 0.05) is 44.1 Å². The summed E-state index contributed by atoms with van der Waals surface area (Å²) in [4.78, 5) is 40.3. The number of nitro groups is 1. The van der Waals surface area contributed by atoms with Gasteiger partial charge in [0.25, 0.3) is 11.5 Å². The molecule has 166 valence electrons. The van der Waals surface area contributed by atoms with Crippen LogP contribution in [0.5, 0.6) is 0 Å². The molecule has 3 heterocycles. The number of cyclic esters (lactones) is 2. The van der Waals surface area contributed by atoms with Crippen molar-refractivity contribution in [2.75, 3.05) is 4.90 Å². The number of fused-ring (bicyclic) bond motifs is 8. The molecule has 8 heteroatoms. The molecule has 5 rings (SSSR count). The first kappa shape index (κ1) is 20.3. The lowest BCUT2D eigenvalue weighted by atomic mass is 9.57. The number of nitrogens with zero attached hydrogens (tertiary/aromatic N) is 2. The highest BCUT2D eigenvalue weighted by atomic mass is 16.7. The van der Waals surface area contributed by atoms with Gasteiger partial charge in [-0.25, -0.2) is 0 Å². The molecular formula is C23H28N2O6. The minimum atomic E-state index is -1.54. The molecule has 1 aromatic carbocycles. The number of rotatable bonds is 1. The monoisotopic (exact) mass is 428 g/mol. The molecule has 3 atom stereocenters. The minimum absolute atomic E-state index is 0.0406. The number of nitro benzene ring substituents is 1. The van der Waals surface area contributed by atoms with Crippen molar-refractivity contribution in [1.82, 2.24) is 0 Å². The minimum Gasteiger partial charge on any atom is -0.422 e. The van der Waals surface area contributed by atoms with Gasteiger partial charge in [-0.3, -0.25) is 19.7 Å². The summed E-state index contributed by atoms with van der Waals surface area (Å²) in [5.41, 5.74) is -0.364. The Labute approximate surface area is 181 Å². The fourth-order valence-electron chi connectivity index (χ4n) is 7.18. The molecule has 0 unspecified atom stereocenters. The SMILES string of the molecule is CC1(C)C[C@H]2C[C@@](C)(C1)[C@H]1N2c2ccc([N+](=O)[O-])cc2CC12C(=O)OC(C)(C)OC2=O. The summed E-state index contributed by atoms with van der Waals surface area (Å²) in [6, 6.07) is 4.48. The van der Waals surface area contributed by atoms with Gasteiger partial charge in [-0.1, -0.05) is 20.8 Å². The van der Waals surface area contributed by atoms with Crippen molar-refractivity contribution in [2.24, 2.45) is 16.2 Å². The van der Waals surface area contributed by atoms with Crippen LogP contribution < -0.4 is 4.90 Å². The van der Waals surface area contributed by atoms with Crippen LogP contribution in [-0.2, 0) is 25.5 Å². The second-order valence-electron chi connectivity index (χ2n) is 11.3. The van der Waals surface area contributed by atoms with Crippen molar-refractivity contribution >= 4 is 23.3 Å². The molecule has 2 bridgehead atoms. The smallest absolute Gasteiger partial charge is 0.329 e. The van der Waals surface area contributed by atoms with Gasteiger partial charge in [0.2, 0.25) is 0 Å². The predicted molar refractivity (Wildman–Crippen MR) is 111 cm³/mol. The van der Waals surface area contributed by atoms with Crippen LogP contribution in [0.2, 0.25) is 0 Å². The largest absolute Gasteiger partial charge is 0.422 e. The Balaban J connectivity index is 1.75. The third kappa shape index (κ3) is 2.66. The van der Waals surface area contributed by atoms with Crippen LogP contribution in [0.15, 0.2) is 18.2 Å². The van der Waals surface area contributed by atoms with Crippen LogP contribution in [0.1, 0.15) is 59.4 Å². The molecular weight excluding hydrogens is 400 g/mol. The summed E-state index contributed by atoms with van der Waals surface area (Å²) in [5.74, 6) is -2.51. The molecule has 1 aromatic rings. The third-order valence-electron chi connectivity index (χ3n) is 7.60. The zero-order valence-electron chi connectivity index (χ0n) is 18.6. The Morgan fingerprint density at radius 2 is 1.71 bits per heavy atom. The van der Waals surface area contributed by atoms with Crippen LogP contribution >= 0.6 is 0 Å². The zero-order chi connectivity index (χ0) is 22.6. The first-order valence-electron chi connectivity index (χ1n) is 10.8. The van der Waals surface area contributed by atoms with Crippen molar-refractivity contribution in [1.29, 1.82) is 0 Å². The first-order valence-corrected chi connectivity index (χ1v) is 10.8. The van der Waals surface area contributed by atoms with Crippen LogP contribution in [0.3, 0.4) is 0 Å². The summed E-state index contributed by atoms with van der Waals surface area (Å²) >= 11 is 0. The maximum atomic E-state index is 13.6. The quantitative estimate of drug-likeness (QED) is 0.291. The molecule has 2 saturated heterocycles. The molecule has 4 aliphatic rings. The van der Waals surface area contributed by atoms with E-state index in [0.717, 1.165) is 24.9 Å². The fourth-order valence-corrected chi connectivity index (χ4v) is 7.18. The van der Waals surface area contributed by atoms with Crippen molar-refractivity contribution in [3.63, 3.8) is 0 Å². The number of esters is 2. The summed E-state index contributed by atoms with van der Waals surface area (Å²) in [6.45, 7) is 9.70. The molecule has 3 aliphatic heterocycles. The number of carbonyl (C=O) groups is 2. The van der Waals surface area contributed by atoms with E-state index in [0.29, 0.717) is 5.56 Å². The highest BCUT2D eigenvalue weighted by Gasteiger charge is 2.72. The van der Waals surface area contributed by atoms with E-state index < -0.39 is 34.1 Å². The Morgan fingerprint density at radius 1 is 1.06 bits per heavy atom. The molecule has 0 amide bonds. The van der Waals surface area contributed by atoms with E-state index in [1.54, 1.807) is 19.9 Å². The molecule has 0 radical (unpaired) electrons. The topological polar surface area (TPSA) is 99.0 Å². The summed E-state index contributed by atoms with van der Waals surface area (Å²) in [5, 5.41) is 11.4. The first-order chi connectivity index (χ1) is 14.3. The highest BCUT2D eigenvalue weighted by Crippen LogP contribution is 2.64. The van der Waals surface area contributed by atoms with Gasteiger partial charge in [0.15, 0.2) is 5.41 Å². The third-order valence-corrected chi connectivity index (χ3v) is 7.60. The van der Waals surface area contributed by atoms with Crippen LogP contribution in [-0.4, -0.2) is 34.7 Å². The standard InChI is InChI=1S/C23H28N2O6/c1-20(2)10-15-11-22(5,12-20)17-23(18(26)30-21(3,4)31-19(23)27)9-13-8-14(25(28)29)6-7-16(13)24(15)17/h6-8,15,17H,9-12H2,1-5H3/t15-,17+,22-/m0/s1. The summed E-state index contributed by atoms with van der Waals surface area (Å²) in [7, 11) is 0. The Morgan fingerprint density at radius 3 is 2.32 bits per heavy atom. The van der Waals surface area contributed by atoms with Gasteiger partial charge in [-0.05, 0) is 41.7 Å². The number of benzene rings is 1. The summed E-state index contributed by atoms with van der Waals surface area (Å²) < 4.78 is 11.3. The molecule has 1 spiro atoms. The van der Waals surface area contributed by atoms with E-state index in [9.17, 15) is 19.7 Å². The van der Waals surface area contributed by atoms with Gasteiger partial charge in [-0.2, -0.15) is 0 Å². The molecule has 1 saturated carbocycles. The van der Waals surface area contributed by atoms with E-state index in [1.807, 2.05) is 0 Å². The van der Waals surface area contributed by atoms with Crippen LogP contribution in [0.25, 0.3) is 0 Å². The maximum absolute atomic E-state index is 13.6. The van der Waals surface area contributed by atoms with E-state index in [4.69, 9.17) is 9.47 Å². The van der Waals surface area contributed by atoms with Gasteiger partial charge in [-0.15, -0.1) is 0 Å². The molecule has 1 aliphatic carbocycles. The van der Waals surface area contributed by atoms with Crippen LogP contribution in [0, 0.1) is 26.4 Å². The van der Waals surface area contributed by atoms with Gasteiger partial charge >= 0.3 is 11.9 Å². The van der Waals surface area contributed by atoms with E-state index in [-0.39, 0.29) is 29.0 Å². The van der Waals surface area contributed by atoms with Crippen molar-refractivity contribution in [3.05, 3.63) is 33.9 Å². The second-order valence-corrected chi connectivity index (χ2v) is 11.3. The lowest BCUT2D eigenvalue weighted by Gasteiger charge is -2.53. The van der Waals surface area contributed by atoms with Gasteiger partial charge < -0.3 is 14.4 Å². The average Bonchev–Trinajstić information content (AvgIpc) is 2.84. The average molecular weight is 428 g/mol. The molecule has 8 nitrogen and oxygen atoms in total. The summed E-state index contributed by atoms with van der Waals surface area (Å²) in [6.07, 6.45) is 2.68. The molecule has 3 fully saturated rings. The zero-order valence-corrected chi connectivity index (χ0v) is 18.6. The second kappa shape index (κ2) is 5.78. The van der Waals surface area contributed by atoms with Gasteiger partial charge in [0.1, 0.15) is 0 Å². The van der Waals surface area contributed by atoms with Crippen LogP contribution in [0.4, 0.5) is 11.4 Å². The highest BCUT2D eigenvalue weighted by molar-refractivity contribution is 6.04. The predicted octanol–water partition coefficient (Wildman–Crippen LogP) is 3.75. The maximum Gasteiger partial charge on any atom is 0.329 e. The number of hydrogen-bond acceptors (Lipinski definition) is 7. The van der Waals surface area contributed by atoms with E-state index in [1.165, 1.54) is 12.1 Å². The van der Waals surface area contributed by atoms with Crippen molar-refractivity contribution < 1.29 is 24.0 Å². The van der Waals surface area contributed by atoms with E-state index in [2.05, 4.69) is 25.7 Å². The van der Waals surface area contributed by atoms with Crippen molar-refractivity contribution in [3.8, 4) is 0 Å². The Bertz CT molecular complexity index is 1010. The van der Waals surface area contributed by atoms with E-state index >= 15 is 0 Å². The normalized spacial score (nSPS) is 33.9. The van der Waals surface area contributed by atoms with Gasteiger partial charge in [0.05, 0.1) is 11.0 Å². The molecule has 31 heavy (non-hydrogen) atoms. The molecule has 0 N–H and O–H groups in total. The number of anilines is 1. The molecule has 0 aromatic heterocycles. The number of ether oxygens (including phenoxy) is 2. The number of non-ortho nitro benzene ring substituents is 1. The number of hydrogen-bond donors (Lipinski definition) is 0. The lowest BCUT2D eigenvalue weighted by molar-refractivity contribution is -0.384. The fraction of sp³-hybridized carbons (Fsp3) is 0.652. The Hall–Kier alpha value is -2.64.